The summed E-state index contributed by atoms with van der Waals surface area (Å²) in [5.74, 6) is 0. The van der Waals surface area contributed by atoms with Crippen molar-refractivity contribution in [3.05, 3.63) is 70.8 Å². The molecule has 0 unspecified atom stereocenters. The first-order chi connectivity index (χ1) is 8.63. The van der Waals surface area contributed by atoms with Gasteiger partial charge in [-0.25, -0.2) is 0 Å². The van der Waals surface area contributed by atoms with Crippen molar-refractivity contribution >= 4 is 18.1 Å². The first kappa shape index (κ1) is 13.3. The smallest absolute Gasteiger partial charge is 0.0400 e. The predicted octanol–water partition coefficient (Wildman–Crippen LogP) is 3.33. The molecule has 0 spiro atoms. The lowest BCUT2D eigenvalue weighted by atomic mass is 10.2. The highest BCUT2D eigenvalue weighted by Crippen LogP contribution is 2.10. The standard InChI is InChI=1S/C16H18Si2/c1-13-5-3-7-15(9-13)11-18(17)12-16-8-4-6-14(2)10-16/h3-10H,11-12H2,1-2H3. The Morgan fingerprint density at radius 3 is 1.67 bits per heavy atom. The summed E-state index contributed by atoms with van der Waals surface area (Å²) < 4.78 is 0. The summed E-state index contributed by atoms with van der Waals surface area (Å²) in [4.78, 5) is 0. The number of rotatable bonds is 4. The van der Waals surface area contributed by atoms with Gasteiger partial charge in [-0.2, -0.15) is 0 Å². The van der Waals surface area contributed by atoms with E-state index in [2.05, 4.69) is 72.1 Å². The van der Waals surface area contributed by atoms with Gasteiger partial charge in [0, 0.05) is 18.1 Å². The van der Waals surface area contributed by atoms with Crippen LogP contribution in [0.25, 0.3) is 0 Å². The lowest BCUT2D eigenvalue weighted by Crippen LogP contribution is -2.21. The molecule has 0 N–H and O–H groups in total. The van der Waals surface area contributed by atoms with E-state index in [1.54, 1.807) is 0 Å². The molecule has 0 aliphatic carbocycles. The zero-order valence-corrected chi connectivity index (χ0v) is 13.0. The monoisotopic (exact) mass is 266 g/mol. The van der Waals surface area contributed by atoms with Gasteiger partial charge in [-0.05, 0) is 25.9 Å². The SMILES string of the molecule is Cc1cccc(C[Si]([Si])Cc2cccc(C)c2)c1. The van der Waals surface area contributed by atoms with Crippen molar-refractivity contribution < 1.29 is 0 Å². The van der Waals surface area contributed by atoms with E-state index >= 15 is 0 Å². The molecular weight excluding hydrogens is 248 g/mol. The molecule has 0 amide bonds. The maximum atomic E-state index is 3.96. The Hall–Kier alpha value is -1.13. The van der Waals surface area contributed by atoms with E-state index in [0.717, 1.165) is 0 Å². The number of hydrogen-bond donors (Lipinski definition) is 0. The van der Waals surface area contributed by atoms with Crippen molar-refractivity contribution in [3.63, 3.8) is 0 Å². The number of benzene rings is 2. The molecule has 4 radical (unpaired) electrons. The minimum Gasteiger partial charge on any atom is -0.0617 e. The van der Waals surface area contributed by atoms with Gasteiger partial charge >= 0.3 is 0 Å². The summed E-state index contributed by atoms with van der Waals surface area (Å²) in [5, 5.41) is 0. The van der Waals surface area contributed by atoms with Gasteiger partial charge in [0.2, 0.25) is 0 Å². The van der Waals surface area contributed by atoms with Gasteiger partial charge < -0.3 is 0 Å². The molecule has 0 bridgehead atoms. The van der Waals surface area contributed by atoms with E-state index in [4.69, 9.17) is 0 Å². The van der Waals surface area contributed by atoms with Crippen molar-refractivity contribution in [2.75, 3.05) is 0 Å². The van der Waals surface area contributed by atoms with Gasteiger partial charge in [0.25, 0.3) is 0 Å². The van der Waals surface area contributed by atoms with Crippen LogP contribution in [0.15, 0.2) is 48.5 Å². The van der Waals surface area contributed by atoms with E-state index in [9.17, 15) is 0 Å². The molecule has 0 aliphatic heterocycles. The summed E-state index contributed by atoms with van der Waals surface area (Å²) >= 11 is 0. The molecule has 0 saturated carbocycles. The summed E-state index contributed by atoms with van der Waals surface area (Å²) in [6.45, 7) is 4.31. The van der Waals surface area contributed by atoms with E-state index in [-0.39, 0.29) is 0 Å². The maximum Gasteiger partial charge on any atom is 0.0400 e. The highest BCUT2D eigenvalue weighted by Gasteiger charge is 2.07. The normalized spacial score (nSPS) is 10.9. The molecular formula is C16H18Si2. The molecule has 0 aromatic heterocycles. The Bertz CT molecular complexity index is 473. The van der Waals surface area contributed by atoms with Gasteiger partial charge in [-0.3, -0.25) is 0 Å². The van der Waals surface area contributed by atoms with E-state index in [1.165, 1.54) is 34.3 Å². The molecule has 0 fully saturated rings. The van der Waals surface area contributed by atoms with Crippen LogP contribution in [-0.2, 0) is 12.1 Å². The topological polar surface area (TPSA) is 0 Å². The molecule has 0 aliphatic rings. The third-order valence-corrected chi connectivity index (χ3v) is 5.73. The Balaban J connectivity index is 1.98. The molecule has 2 aromatic rings. The molecule has 2 heteroatoms. The van der Waals surface area contributed by atoms with Gasteiger partial charge in [-0.1, -0.05) is 70.8 Å². The lowest BCUT2D eigenvalue weighted by molar-refractivity contribution is 1.26. The Labute approximate surface area is 115 Å². The fourth-order valence-corrected chi connectivity index (χ4v) is 4.97. The molecule has 2 aromatic carbocycles. The molecule has 0 heterocycles. The summed E-state index contributed by atoms with van der Waals surface area (Å²) in [7, 11) is 3.43. The fourth-order valence-electron chi connectivity index (χ4n) is 2.20. The van der Waals surface area contributed by atoms with Crippen LogP contribution < -0.4 is 0 Å². The molecule has 0 nitrogen and oxygen atoms in total. The second-order valence-electron chi connectivity index (χ2n) is 4.94. The maximum absolute atomic E-state index is 3.96. The van der Waals surface area contributed by atoms with Crippen molar-refractivity contribution in [3.8, 4) is 0 Å². The quantitative estimate of drug-likeness (QED) is 0.745. The first-order valence-corrected chi connectivity index (χ1v) is 9.72. The van der Waals surface area contributed by atoms with Gasteiger partial charge in [0.15, 0.2) is 0 Å². The Morgan fingerprint density at radius 2 is 1.28 bits per heavy atom. The number of hydrogen-bond acceptors (Lipinski definition) is 0. The second-order valence-corrected chi connectivity index (χ2v) is 8.97. The third-order valence-electron chi connectivity index (χ3n) is 3.00. The molecule has 18 heavy (non-hydrogen) atoms. The average Bonchev–Trinajstić information content (AvgIpc) is 2.28. The van der Waals surface area contributed by atoms with Crippen molar-refractivity contribution in [1.82, 2.24) is 0 Å². The zero-order valence-electron chi connectivity index (χ0n) is 11.0. The minimum absolute atomic E-state index is 0.522. The van der Waals surface area contributed by atoms with Crippen LogP contribution >= 0.6 is 0 Å². The predicted molar refractivity (Wildman–Crippen MR) is 81.3 cm³/mol. The van der Waals surface area contributed by atoms with E-state index < -0.39 is 8.31 Å². The van der Waals surface area contributed by atoms with Crippen LogP contribution in [-0.4, -0.2) is 18.1 Å². The van der Waals surface area contributed by atoms with Crippen molar-refractivity contribution in [2.24, 2.45) is 0 Å². The van der Waals surface area contributed by atoms with Crippen LogP contribution in [0.3, 0.4) is 0 Å². The molecule has 0 atom stereocenters. The van der Waals surface area contributed by atoms with Crippen molar-refractivity contribution in [1.29, 1.82) is 0 Å². The molecule has 0 saturated heterocycles. The van der Waals surface area contributed by atoms with E-state index in [1.807, 2.05) is 0 Å². The minimum atomic E-state index is -0.522. The average molecular weight is 266 g/mol. The largest absolute Gasteiger partial charge is 0.0617 e. The van der Waals surface area contributed by atoms with Gasteiger partial charge in [0.1, 0.15) is 0 Å². The highest BCUT2D eigenvalue weighted by molar-refractivity contribution is 7.02. The number of aryl methyl sites for hydroxylation is 2. The second kappa shape index (κ2) is 6.16. The lowest BCUT2D eigenvalue weighted by Gasteiger charge is -2.11. The summed E-state index contributed by atoms with van der Waals surface area (Å²) in [6, 6.07) is 20.0. The fraction of sp³-hybridized carbons (Fsp3) is 0.250. The Morgan fingerprint density at radius 1 is 0.833 bits per heavy atom. The first-order valence-electron chi connectivity index (χ1n) is 6.31. The summed E-state index contributed by atoms with van der Waals surface area (Å²) in [5.41, 5.74) is 5.60. The third kappa shape index (κ3) is 3.96. The molecule has 90 valence electrons. The van der Waals surface area contributed by atoms with Crippen LogP contribution in [0.4, 0.5) is 0 Å². The van der Waals surface area contributed by atoms with E-state index in [0.29, 0.717) is 0 Å². The highest BCUT2D eigenvalue weighted by atomic mass is 29.1. The van der Waals surface area contributed by atoms with Crippen LogP contribution in [0.2, 0.25) is 0 Å². The van der Waals surface area contributed by atoms with Gasteiger partial charge in [0.05, 0.1) is 0 Å². The zero-order chi connectivity index (χ0) is 13.0. The van der Waals surface area contributed by atoms with Crippen molar-refractivity contribution in [2.45, 2.75) is 25.9 Å². The van der Waals surface area contributed by atoms with Crippen LogP contribution in [0, 0.1) is 13.8 Å². The van der Waals surface area contributed by atoms with Crippen LogP contribution in [0.1, 0.15) is 22.3 Å². The van der Waals surface area contributed by atoms with Crippen LogP contribution in [0.5, 0.6) is 0 Å². The van der Waals surface area contributed by atoms with Gasteiger partial charge in [-0.15, -0.1) is 0 Å². The molecule has 2 rings (SSSR count). The Kier molecular flexibility index (Phi) is 4.56. The summed E-state index contributed by atoms with van der Waals surface area (Å²) in [6.07, 6.45) is 0.